The average molecular weight is 561 g/mol. The van der Waals surface area contributed by atoms with Gasteiger partial charge in [-0.1, -0.05) is 56.3 Å². The molecule has 0 aliphatic carbocycles. The molecule has 0 unspecified atom stereocenters. The molecule has 2 aromatic carbocycles. The average Bonchev–Trinajstić information content (AvgIpc) is 2.96. The van der Waals surface area contributed by atoms with Crippen molar-refractivity contribution < 1.29 is 32.1 Å². The highest BCUT2D eigenvalue weighted by atomic mass is 32.2. The molecule has 0 spiro atoms. The van der Waals surface area contributed by atoms with Gasteiger partial charge >= 0.3 is 0 Å². The van der Waals surface area contributed by atoms with Crippen LogP contribution in [-0.4, -0.2) is 60.6 Å². The maximum absolute atomic E-state index is 12.9. The normalized spacial score (nSPS) is 16.2. The molecule has 0 fully saturated rings. The summed E-state index contributed by atoms with van der Waals surface area (Å²) >= 11 is 0. The van der Waals surface area contributed by atoms with Crippen LogP contribution in [0.3, 0.4) is 0 Å². The number of hydrogen-bond acceptors (Lipinski definition) is 7. The topological polar surface area (TPSA) is 80.3 Å². The Morgan fingerprint density at radius 1 is 0.949 bits per heavy atom. The summed E-state index contributed by atoms with van der Waals surface area (Å²) in [6, 6.07) is 16.2. The van der Waals surface area contributed by atoms with E-state index in [-0.39, 0.29) is 42.7 Å². The van der Waals surface area contributed by atoms with E-state index >= 15 is 0 Å². The van der Waals surface area contributed by atoms with E-state index < -0.39 is 9.84 Å². The molecule has 0 aromatic heterocycles. The number of ether oxygens (including phenoxy) is 5. The van der Waals surface area contributed by atoms with Crippen molar-refractivity contribution in [3.8, 4) is 5.75 Å². The second-order valence-corrected chi connectivity index (χ2v) is 11.7. The Bertz CT molecular complexity index is 1110. The minimum atomic E-state index is -3.46. The van der Waals surface area contributed by atoms with Crippen LogP contribution in [0.15, 0.2) is 83.8 Å². The van der Waals surface area contributed by atoms with E-state index in [2.05, 4.69) is 13.5 Å². The van der Waals surface area contributed by atoms with Crippen LogP contribution < -0.4 is 4.74 Å². The second-order valence-electron chi connectivity index (χ2n) is 9.70. The van der Waals surface area contributed by atoms with Crippen LogP contribution in [0.25, 0.3) is 0 Å². The predicted octanol–water partition coefficient (Wildman–Crippen LogP) is 5.85. The SMILES string of the molecule is C=C[C@H](C)[C@H](C[C@H](OCc1ccc(OC)cc1)[C@H](C)[C@@H](OC)/C(C)=C/CS(=O)(=O)c1ccccc1)OCOC. The van der Waals surface area contributed by atoms with Gasteiger partial charge < -0.3 is 23.7 Å². The smallest absolute Gasteiger partial charge is 0.181 e. The highest BCUT2D eigenvalue weighted by molar-refractivity contribution is 7.91. The van der Waals surface area contributed by atoms with Crippen molar-refractivity contribution in [1.82, 2.24) is 0 Å². The molecule has 0 bridgehead atoms. The summed E-state index contributed by atoms with van der Waals surface area (Å²) in [4.78, 5) is 0.299. The first kappa shape index (κ1) is 32.7. The molecule has 0 N–H and O–H groups in total. The van der Waals surface area contributed by atoms with Gasteiger partial charge in [-0.15, -0.1) is 6.58 Å². The molecule has 0 aliphatic rings. The van der Waals surface area contributed by atoms with Crippen LogP contribution in [0.5, 0.6) is 5.75 Å². The quantitative estimate of drug-likeness (QED) is 0.167. The standard InChI is InChI=1S/C31H44O7S/c1-8-23(2)29(38-22-34-5)20-30(37-21-26-14-16-27(35-6)17-15-26)25(4)31(36-7)24(3)18-19-39(32,33)28-12-10-9-11-13-28/h8-18,23,25,29-31H,1,19-22H2,2-7H3/b24-18+/t23-,25-,29-,30-,31-/m0/s1. The molecule has 0 saturated carbocycles. The maximum Gasteiger partial charge on any atom is 0.181 e. The molecular weight excluding hydrogens is 516 g/mol. The molecule has 0 amide bonds. The van der Waals surface area contributed by atoms with Gasteiger partial charge in [0.15, 0.2) is 9.84 Å². The van der Waals surface area contributed by atoms with E-state index in [4.69, 9.17) is 23.7 Å². The zero-order valence-electron chi connectivity index (χ0n) is 24.0. The highest BCUT2D eigenvalue weighted by Gasteiger charge is 2.32. The lowest BCUT2D eigenvalue weighted by molar-refractivity contribution is -0.117. The Morgan fingerprint density at radius 2 is 1.62 bits per heavy atom. The number of benzene rings is 2. The van der Waals surface area contributed by atoms with Crippen LogP contribution in [0, 0.1) is 11.8 Å². The zero-order chi connectivity index (χ0) is 28.8. The molecule has 5 atom stereocenters. The van der Waals surface area contributed by atoms with Gasteiger partial charge in [0.2, 0.25) is 0 Å². The fraction of sp³-hybridized carbons (Fsp3) is 0.484. The Labute approximate surface area is 234 Å². The summed E-state index contributed by atoms with van der Waals surface area (Å²) in [6.45, 7) is 10.5. The van der Waals surface area contributed by atoms with Crippen molar-refractivity contribution in [3.63, 3.8) is 0 Å². The molecule has 0 aliphatic heterocycles. The first-order valence-corrected chi connectivity index (χ1v) is 14.8. The molecule has 39 heavy (non-hydrogen) atoms. The maximum atomic E-state index is 12.9. The molecule has 7 nitrogen and oxygen atoms in total. The zero-order valence-corrected chi connectivity index (χ0v) is 24.9. The van der Waals surface area contributed by atoms with Crippen molar-refractivity contribution in [2.45, 2.75) is 57.0 Å². The monoisotopic (exact) mass is 560 g/mol. The third kappa shape index (κ3) is 10.2. The Hall–Kier alpha value is -2.49. The van der Waals surface area contributed by atoms with Gasteiger partial charge in [-0.25, -0.2) is 8.42 Å². The first-order chi connectivity index (χ1) is 18.7. The van der Waals surface area contributed by atoms with Crippen molar-refractivity contribution in [2.24, 2.45) is 11.8 Å². The molecular formula is C31H44O7S. The third-order valence-electron chi connectivity index (χ3n) is 6.94. The number of methoxy groups -OCH3 is 3. The van der Waals surface area contributed by atoms with Crippen LogP contribution in [0.4, 0.5) is 0 Å². The molecule has 0 heterocycles. The summed E-state index contributed by atoms with van der Waals surface area (Å²) in [7, 11) is 1.40. The number of rotatable bonds is 18. The summed E-state index contributed by atoms with van der Waals surface area (Å²) in [5.41, 5.74) is 1.84. The van der Waals surface area contributed by atoms with E-state index in [1.54, 1.807) is 57.7 Å². The lowest BCUT2D eigenvalue weighted by atomic mass is 9.87. The van der Waals surface area contributed by atoms with Crippen LogP contribution in [-0.2, 0) is 35.4 Å². The lowest BCUT2D eigenvalue weighted by Gasteiger charge is -2.34. The van der Waals surface area contributed by atoms with Crippen molar-refractivity contribution >= 4 is 9.84 Å². The Morgan fingerprint density at radius 3 is 2.18 bits per heavy atom. The van der Waals surface area contributed by atoms with Crippen LogP contribution in [0.1, 0.15) is 32.8 Å². The summed E-state index contributed by atoms with van der Waals surface area (Å²) in [5.74, 6) is 0.615. The number of hydrogen-bond donors (Lipinski definition) is 0. The molecule has 216 valence electrons. The largest absolute Gasteiger partial charge is 0.497 e. The molecule has 0 radical (unpaired) electrons. The van der Waals surface area contributed by atoms with Gasteiger partial charge in [0, 0.05) is 32.5 Å². The Balaban J connectivity index is 2.28. The van der Waals surface area contributed by atoms with E-state index in [1.165, 1.54) is 0 Å². The van der Waals surface area contributed by atoms with Gasteiger partial charge in [0.25, 0.3) is 0 Å². The van der Waals surface area contributed by atoms with Gasteiger partial charge in [-0.2, -0.15) is 0 Å². The molecule has 2 rings (SSSR count). The van der Waals surface area contributed by atoms with Gasteiger partial charge in [0.05, 0.1) is 42.7 Å². The van der Waals surface area contributed by atoms with E-state index in [0.29, 0.717) is 17.9 Å². The third-order valence-corrected chi connectivity index (χ3v) is 8.54. The summed E-state index contributed by atoms with van der Waals surface area (Å²) in [5, 5.41) is 0. The van der Waals surface area contributed by atoms with Crippen LogP contribution >= 0.6 is 0 Å². The van der Waals surface area contributed by atoms with Gasteiger partial charge in [-0.05, 0) is 42.3 Å². The van der Waals surface area contributed by atoms with E-state index in [1.807, 2.05) is 44.2 Å². The summed E-state index contributed by atoms with van der Waals surface area (Å²) in [6.07, 6.45) is 3.35. The predicted molar refractivity (Wildman–Crippen MR) is 155 cm³/mol. The molecule has 0 saturated heterocycles. The summed E-state index contributed by atoms with van der Waals surface area (Å²) < 4.78 is 54.5. The van der Waals surface area contributed by atoms with Gasteiger partial charge in [-0.3, -0.25) is 0 Å². The van der Waals surface area contributed by atoms with Crippen molar-refractivity contribution in [1.29, 1.82) is 0 Å². The lowest BCUT2D eigenvalue weighted by Crippen LogP contribution is -2.38. The van der Waals surface area contributed by atoms with Crippen molar-refractivity contribution in [3.05, 3.63) is 84.5 Å². The molecule has 2 aromatic rings. The fourth-order valence-electron chi connectivity index (χ4n) is 4.42. The van der Waals surface area contributed by atoms with E-state index in [9.17, 15) is 8.42 Å². The van der Waals surface area contributed by atoms with Gasteiger partial charge in [0.1, 0.15) is 12.5 Å². The second kappa shape index (κ2) is 16.6. The van der Waals surface area contributed by atoms with E-state index in [0.717, 1.165) is 16.9 Å². The molecule has 8 heteroatoms. The van der Waals surface area contributed by atoms with Crippen LogP contribution in [0.2, 0.25) is 0 Å². The Kier molecular flexibility index (Phi) is 13.9. The minimum absolute atomic E-state index is 0.0630. The minimum Gasteiger partial charge on any atom is -0.497 e. The first-order valence-electron chi connectivity index (χ1n) is 13.1. The number of sulfone groups is 1. The van der Waals surface area contributed by atoms with Crippen molar-refractivity contribution in [2.75, 3.05) is 33.9 Å². The highest BCUT2D eigenvalue weighted by Crippen LogP contribution is 2.28. The fourth-order valence-corrected chi connectivity index (χ4v) is 5.67.